The van der Waals surface area contributed by atoms with E-state index in [1.54, 1.807) is 0 Å². The number of piperidine rings is 1. The minimum atomic E-state index is -0.956. The highest BCUT2D eigenvalue weighted by Gasteiger charge is 2.61. The Bertz CT molecular complexity index is 609. The van der Waals surface area contributed by atoms with Gasteiger partial charge in [-0.2, -0.15) is 0 Å². The number of likely N-dealkylation sites (tertiary alicyclic amines) is 1. The molecule has 1 saturated carbocycles. The van der Waals surface area contributed by atoms with Crippen LogP contribution in [-0.2, 0) is 16.0 Å². The Labute approximate surface area is 142 Å². The largest absolute Gasteiger partial charge is 0.357 e. The van der Waals surface area contributed by atoms with E-state index in [9.17, 15) is 9.18 Å². The summed E-state index contributed by atoms with van der Waals surface area (Å²) in [7, 11) is 1.87. The van der Waals surface area contributed by atoms with E-state index in [0.29, 0.717) is 26.1 Å². The molecular weight excluding hydrogens is 307 g/mol. The summed E-state index contributed by atoms with van der Waals surface area (Å²) in [6.07, 6.45) is 2.73. The smallest absolute Gasteiger partial charge is 0.254 e. The Morgan fingerprint density at radius 1 is 1.17 bits per heavy atom. The molecule has 130 valence electrons. The molecule has 2 heterocycles. The van der Waals surface area contributed by atoms with Gasteiger partial charge < -0.3 is 9.64 Å². The molecule has 4 nitrogen and oxygen atoms in total. The first kappa shape index (κ1) is 16.0. The van der Waals surface area contributed by atoms with Gasteiger partial charge in [-0.25, -0.2) is 4.39 Å². The summed E-state index contributed by atoms with van der Waals surface area (Å²) in [5.74, 6) is 0.128. The fourth-order valence-corrected chi connectivity index (χ4v) is 4.18. The van der Waals surface area contributed by atoms with Crippen molar-refractivity contribution in [1.29, 1.82) is 0 Å². The molecule has 0 radical (unpaired) electrons. The number of carbonyl (C=O) groups is 1. The molecule has 2 spiro atoms. The summed E-state index contributed by atoms with van der Waals surface area (Å²) < 4.78 is 21.0. The SMILES string of the molecule is CN1CC2(CCN(C(F)Cc3ccccc3)CC2)OC2(CC2)C1=O. The predicted molar refractivity (Wildman–Crippen MR) is 89.3 cm³/mol. The van der Waals surface area contributed by atoms with Crippen LogP contribution in [0.3, 0.4) is 0 Å². The Morgan fingerprint density at radius 2 is 1.83 bits per heavy atom. The molecule has 1 amide bonds. The van der Waals surface area contributed by atoms with Gasteiger partial charge in [0, 0.05) is 33.1 Å². The molecule has 2 saturated heterocycles. The predicted octanol–water partition coefficient (Wildman–Crippen LogP) is 2.38. The Hall–Kier alpha value is -1.46. The number of rotatable bonds is 3. The molecule has 4 rings (SSSR count). The zero-order valence-corrected chi connectivity index (χ0v) is 14.2. The summed E-state index contributed by atoms with van der Waals surface area (Å²) >= 11 is 0. The van der Waals surface area contributed by atoms with E-state index in [1.807, 2.05) is 47.2 Å². The Balaban J connectivity index is 1.37. The van der Waals surface area contributed by atoms with Crippen molar-refractivity contribution in [2.45, 2.75) is 49.6 Å². The summed E-state index contributed by atoms with van der Waals surface area (Å²) in [6, 6.07) is 9.79. The molecule has 1 aromatic rings. The van der Waals surface area contributed by atoms with Crippen LogP contribution in [-0.4, -0.2) is 59.9 Å². The zero-order chi connectivity index (χ0) is 16.8. The number of morpholine rings is 1. The van der Waals surface area contributed by atoms with Gasteiger partial charge in [-0.05, 0) is 31.2 Å². The van der Waals surface area contributed by atoms with Crippen LogP contribution in [0, 0.1) is 0 Å². The first-order chi connectivity index (χ1) is 11.5. The average Bonchev–Trinajstić information content (AvgIpc) is 3.34. The van der Waals surface area contributed by atoms with Gasteiger partial charge in [-0.1, -0.05) is 30.3 Å². The number of amides is 1. The third-order valence-electron chi connectivity index (χ3n) is 5.73. The highest BCUT2D eigenvalue weighted by atomic mass is 19.1. The quantitative estimate of drug-likeness (QED) is 0.797. The fraction of sp³-hybridized carbons (Fsp3) is 0.632. The second kappa shape index (κ2) is 5.81. The van der Waals surface area contributed by atoms with Gasteiger partial charge in [0.15, 0.2) is 6.30 Å². The van der Waals surface area contributed by atoms with Crippen molar-refractivity contribution in [1.82, 2.24) is 9.80 Å². The Morgan fingerprint density at radius 3 is 2.46 bits per heavy atom. The highest BCUT2D eigenvalue weighted by molar-refractivity contribution is 5.88. The van der Waals surface area contributed by atoms with Crippen LogP contribution in [0.25, 0.3) is 0 Å². The second-order valence-electron chi connectivity index (χ2n) is 7.60. The topological polar surface area (TPSA) is 32.8 Å². The van der Waals surface area contributed by atoms with Crippen LogP contribution in [0.4, 0.5) is 4.39 Å². The van der Waals surface area contributed by atoms with Crippen molar-refractivity contribution in [3.8, 4) is 0 Å². The summed E-state index contributed by atoms with van der Waals surface area (Å²) in [4.78, 5) is 16.0. The lowest BCUT2D eigenvalue weighted by atomic mass is 9.88. The van der Waals surface area contributed by atoms with Crippen molar-refractivity contribution in [3.63, 3.8) is 0 Å². The maximum atomic E-state index is 14.7. The van der Waals surface area contributed by atoms with Crippen molar-refractivity contribution in [2.24, 2.45) is 0 Å². The number of hydrogen-bond donors (Lipinski definition) is 0. The van der Waals surface area contributed by atoms with E-state index >= 15 is 0 Å². The average molecular weight is 332 g/mol. The van der Waals surface area contributed by atoms with Gasteiger partial charge in [0.1, 0.15) is 5.60 Å². The minimum Gasteiger partial charge on any atom is -0.357 e. The maximum absolute atomic E-state index is 14.7. The summed E-state index contributed by atoms with van der Waals surface area (Å²) in [6.45, 7) is 2.01. The molecule has 0 N–H and O–H groups in total. The number of nitrogens with zero attached hydrogens (tertiary/aromatic N) is 2. The zero-order valence-electron chi connectivity index (χ0n) is 14.2. The van der Waals surface area contributed by atoms with Crippen LogP contribution in [0.1, 0.15) is 31.2 Å². The van der Waals surface area contributed by atoms with E-state index < -0.39 is 11.9 Å². The van der Waals surface area contributed by atoms with Crippen LogP contribution in [0.2, 0.25) is 0 Å². The molecule has 24 heavy (non-hydrogen) atoms. The third-order valence-corrected chi connectivity index (χ3v) is 5.73. The summed E-state index contributed by atoms with van der Waals surface area (Å²) in [5, 5.41) is 0. The first-order valence-electron chi connectivity index (χ1n) is 8.90. The van der Waals surface area contributed by atoms with Gasteiger partial charge in [-0.3, -0.25) is 9.69 Å². The molecule has 3 fully saturated rings. The molecule has 3 aliphatic rings. The van der Waals surface area contributed by atoms with E-state index in [2.05, 4.69) is 0 Å². The van der Waals surface area contributed by atoms with Crippen LogP contribution >= 0.6 is 0 Å². The van der Waals surface area contributed by atoms with Crippen molar-refractivity contribution in [3.05, 3.63) is 35.9 Å². The van der Waals surface area contributed by atoms with Crippen LogP contribution < -0.4 is 0 Å². The number of ether oxygens (including phenoxy) is 1. The molecule has 1 unspecified atom stereocenters. The fourth-order valence-electron chi connectivity index (χ4n) is 4.18. The second-order valence-corrected chi connectivity index (χ2v) is 7.60. The van der Waals surface area contributed by atoms with Crippen LogP contribution in [0.15, 0.2) is 30.3 Å². The maximum Gasteiger partial charge on any atom is 0.254 e. The summed E-state index contributed by atoms with van der Waals surface area (Å²) in [5.41, 5.74) is 0.206. The first-order valence-corrected chi connectivity index (χ1v) is 8.90. The molecule has 5 heteroatoms. The van der Waals surface area contributed by atoms with E-state index in [0.717, 1.165) is 31.2 Å². The van der Waals surface area contributed by atoms with Crippen molar-refractivity contribution >= 4 is 5.91 Å². The number of alkyl halides is 1. The van der Waals surface area contributed by atoms with Gasteiger partial charge >= 0.3 is 0 Å². The standard InChI is InChI=1S/C19H25FN2O2/c1-21-14-18(24-19(7-8-19)17(21)23)9-11-22(12-10-18)16(20)13-15-5-3-2-4-6-15/h2-6,16H,7-14H2,1H3. The van der Waals surface area contributed by atoms with Gasteiger partial charge in [0.05, 0.1) is 5.60 Å². The van der Waals surface area contributed by atoms with Crippen molar-refractivity contribution in [2.75, 3.05) is 26.7 Å². The number of benzene rings is 1. The Kier molecular flexibility index (Phi) is 3.88. The van der Waals surface area contributed by atoms with Gasteiger partial charge in [-0.15, -0.1) is 0 Å². The van der Waals surface area contributed by atoms with Gasteiger partial charge in [0.2, 0.25) is 0 Å². The molecule has 1 aliphatic carbocycles. The number of halogens is 1. The normalized spacial score (nSPS) is 26.8. The lowest BCUT2D eigenvalue weighted by Gasteiger charge is -2.49. The van der Waals surface area contributed by atoms with Crippen LogP contribution in [0.5, 0.6) is 0 Å². The van der Waals surface area contributed by atoms with E-state index in [-0.39, 0.29) is 11.5 Å². The molecule has 1 atom stereocenters. The lowest BCUT2D eigenvalue weighted by Crippen LogP contribution is -2.62. The molecule has 0 aromatic heterocycles. The number of hydrogen-bond acceptors (Lipinski definition) is 3. The highest BCUT2D eigenvalue weighted by Crippen LogP contribution is 2.49. The lowest BCUT2D eigenvalue weighted by molar-refractivity contribution is -0.200. The molecule has 1 aromatic carbocycles. The number of likely N-dealkylation sites (N-methyl/N-ethyl adjacent to an activating group) is 1. The van der Waals surface area contributed by atoms with E-state index in [1.165, 1.54) is 0 Å². The molecule has 0 bridgehead atoms. The third kappa shape index (κ3) is 2.84. The monoisotopic (exact) mass is 332 g/mol. The van der Waals surface area contributed by atoms with Gasteiger partial charge in [0.25, 0.3) is 5.91 Å². The van der Waals surface area contributed by atoms with Crippen molar-refractivity contribution < 1.29 is 13.9 Å². The molecule has 2 aliphatic heterocycles. The minimum absolute atomic E-state index is 0.128. The molecular formula is C19H25FN2O2. The number of carbonyl (C=O) groups excluding carboxylic acids is 1. The van der Waals surface area contributed by atoms with E-state index in [4.69, 9.17) is 4.74 Å².